The lowest BCUT2D eigenvalue weighted by Gasteiger charge is -2.10. The van der Waals surface area contributed by atoms with Crippen LogP contribution in [0.1, 0.15) is 5.69 Å². The van der Waals surface area contributed by atoms with Gasteiger partial charge in [-0.05, 0) is 24.3 Å². The number of aromatic nitrogens is 3. The molecule has 0 unspecified atom stereocenters. The predicted molar refractivity (Wildman–Crippen MR) is 78.1 cm³/mol. The predicted octanol–water partition coefficient (Wildman–Crippen LogP) is 2.81. The maximum atomic E-state index is 9.30. The summed E-state index contributed by atoms with van der Waals surface area (Å²) in [5, 5.41) is 17.4. The van der Waals surface area contributed by atoms with Crippen LogP contribution in [0.3, 0.4) is 0 Å². The van der Waals surface area contributed by atoms with Gasteiger partial charge < -0.3 is 4.74 Å². The highest BCUT2D eigenvalue weighted by Gasteiger charge is 2.19. The zero-order valence-electron chi connectivity index (χ0n) is 11.4. The number of ether oxygens (including phenoxy) is 1. The van der Waals surface area contributed by atoms with Crippen molar-refractivity contribution < 1.29 is 4.74 Å². The Morgan fingerprint density at radius 1 is 1.05 bits per heavy atom. The van der Waals surface area contributed by atoms with Gasteiger partial charge in [-0.2, -0.15) is 5.26 Å². The van der Waals surface area contributed by atoms with Crippen molar-refractivity contribution in [1.29, 1.82) is 5.26 Å². The van der Waals surface area contributed by atoms with Gasteiger partial charge in [0.25, 0.3) is 0 Å². The van der Waals surface area contributed by atoms with Crippen LogP contribution in [-0.2, 0) is 0 Å². The number of rotatable bonds is 3. The van der Waals surface area contributed by atoms with Gasteiger partial charge in [0.1, 0.15) is 17.5 Å². The van der Waals surface area contributed by atoms with Gasteiger partial charge in [0.05, 0.1) is 12.8 Å². The summed E-state index contributed by atoms with van der Waals surface area (Å²) < 4.78 is 7.03. The molecule has 1 aromatic heterocycles. The van der Waals surface area contributed by atoms with Crippen LogP contribution < -0.4 is 4.74 Å². The average molecular weight is 276 g/mol. The van der Waals surface area contributed by atoms with Crippen molar-refractivity contribution in [2.24, 2.45) is 0 Å². The molecule has 102 valence electrons. The number of benzene rings is 2. The third-order valence-electron chi connectivity index (χ3n) is 3.14. The number of nitrogens with zero attached hydrogens (tertiary/aromatic N) is 4. The molecule has 2 aromatic carbocycles. The number of hydrogen-bond donors (Lipinski definition) is 0. The summed E-state index contributed by atoms with van der Waals surface area (Å²) in [4.78, 5) is 0. The number of nitriles is 1. The quantitative estimate of drug-likeness (QED) is 0.738. The Balaban J connectivity index is 2.27. The van der Waals surface area contributed by atoms with Crippen molar-refractivity contribution in [3.05, 3.63) is 60.3 Å². The first-order valence-corrected chi connectivity index (χ1v) is 6.39. The van der Waals surface area contributed by atoms with Crippen LogP contribution in [0.2, 0.25) is 0 Å². The first kappa shape index (κ1) is 12.9. The Labute approximate surface area is 122 Å². The minimum atomic E-state index is 0.267. The molecular formula is C16H12N4O. The van der Waals surface area contributed by atoms with Crippen molar-refractivity contribution in [1.82, 2.24) is 15.0 Å². The summed E-state index contributed by atoms with van der Waals surface area (Å²) in [6.07, 6.45) is 0. The molecule has 0 atom stereocenters. The third kappa shape index (κ3) is 2.23. The smallest absolute Gasteiger partial charge is 0.191 e. The van der Waals surface area contributed by atoms with Gasteiger partial charge in [0.15, 0.2) is 5.69 Å². The summed E-state index contributed by atoms with van der Waals surface area (Å²) in [6.45, 7) is 0. The van der Waals surface area contributed by atoms with E-state index in [1.54, 1.807) is 11.8 Å². The fraction of sp³-hybridized carbons (Fsp3) is 0.0625. The molecule has 0 bridgehead atoms. The number of para-hydroxylation sites is 2. The van der Waals surface area contributed by atoms with E-state index in [1.165, 1.54) is 0 Å². The second-order valence-electron chi connectivity index (χ2n) is 4.35. The van der Waals surface area contributed by atoms with Crippen LogP contribution in [-0.4, -0.2) is 22.1 Å². The largest absolute Gasteiger partial charge is 0.496 e. The molecule has 0 N–H and O–H groups in total. The molecule has 0 saturated heterocycles. The Kier molecular flexibility index (Phi) is 3.36. The van der Waals surface area contributed by atoms with Crippen LogP contribution in [0.25, 0.3) is 16.9 Å². The number of hydrogen-bond acceptors (Lipinski definition) is 4. The molecule has 5 nitrogen and oxygen atoms in total. The molecule has 3 aromatic rings. The summed E-state index contributed by atoms with van der Waals surface area (Å²) in [5.74, 6) is 0.675. The lowest BCUT2D eigenvalue weighted by atomic mass is 10.1. The monoisotopic (exact) mass is 276 g/mol. The Morgan fingerprint density at radius 2 is 1.76 bits per heavy atom. The van der Waals surface area contributed by atoms with Gasteiger partial charge in [-0.15, -0.1) is 5.10 Å². The van der Waals surface area contributed by atoms with Crippen molar-refractivity contribution in [2.45, 2.75) is 0 Å². The lowest BCUT2D eigenvalue weighted by Crippen LogP contribution is -2.00. The van der Waals surface area contributed by atoms with E-state index >= 15 is 0 Å². The summed E-state index contributed by atoms with van der Waals surface area (Å²) in [5.41, 5.74) is 2.52. The fourth-order valence-electron chi connectivity index (χ4n) is 2.19. The summed E-state index contributed by atoms with van der Waals surface area (Å²) in [7, 11) is 1.60. The van der Waals surface area contributed by atoms with E-state index in [0.717, 1.165) is 11.3 Å². The van der Waals surface area contributed by atoms with Crippen molar-refractivity contribution in [2.75, 3.05) is 7.11 Å². The zero-order valence-corrected chi connectivity index (χ0v) is 11.4. The summed E-state index contributed by atoms with van der Waals surface area (Å²) in [6, 6.07) is 19.2. The molecule has 0 amide bonds. The average Bonchev–Trinajstić information content (AvgIpc) is 2.99. The van der Waals surface area contributed by atoms with Crippen molar-refractivity contribution in [3.63, 3.8) is 0 Å². The van der Waals surface area contributed by atoms with E-state index < -0.39 is 0 Å². The highest BCUT2D eigenvalue weighted by Crippen LogP contribution is 2.32. The van der Waals surface area contributed by atoms with Crippen molar-refractivity contribution in [3.8, 4) is 28.8 Å². The van der Waals surface area contributed by atoms with Crippen LogP contribution in [0.5, 0.6) is 5.75 Å². The standard InChI is InChI=1S/C16H12N4O/c1-21-15-10-6-5-9-13(15)16-14(11-17)18-19-20(16)12-7-3-2-4-8-12/h2-10H,1H3. The molecule has 3 rings (SSSR count). The molecule has 0 aliphatic rings. The molecule has 21 heavy (non-hydrogen) atoms. The molecule has 0 aliphatic carbocycles. The third-order valence-corrected chi connectivity index (χ3v) is 3.14. The van der Waals surface area contributed by atoms with Gasteiger partial charge in [-0.3, -0.25) is 0 Å². The van der Waals surface area contributed by atoms with E-state index in [4.69, 9.17) is 4.74 Å². The molecule has 0 spiro atoms. The normalized spacial score (nSPS) is 10.1. The first-order chi connectivity index (χ1) is 10.3. The van der Waals surface area contributed by atoms with Gasteiger partial charge in [0.2, 0.25) is 0 Å². The van der Waals surface area contributed by atoms with E-state index in [2.05, 4.69) is 16.4 Å². The minimum Gasteiger partial charge on any atom is -0.496 e. The SMILES string of the molecule is COc1ccccc1-c1c(C#N)nnn1-c1ccccc1. The van der Waals surface area contributed by atoms with Gasteiger partial charge in [0, 0.05) is 5.56 Å². The van der Waals surface area contributed by atoms with Gasteiger partial charge >= 0.3 is 0 Å². The highest BCUT2D eigenvalue weighted by molar-refractivity contribution is 5.72. The van der Waals surface area contributed by atoms with E-state index in [9.17, 15) is 5.26 Å². The molecule has 1 heterocycles. The van der Waals surface area contributed by atoms with Crippen LogP contribution >= 0.6 is 0 Å². The Morgan fingerprint density at radius 3 is 2.48 bits per heavy atom. The van der Waals surface area contributed by atoms with Gasteiger partial charge in [-0.1, -0.05) is 35.5 Å². The molecule has 5 heteroatoms. The second-order valence-corrected chi connectivity index (χ2v) is 4.35. The topological polar surface area (TPSA) is 63.7 Å². The van der Waals surface area contributed by atoms with E-state index in [0.29, 0.717) is 11.4 Å². The fourth-order valence-corrected chi connectivity index (χ4v) is 2.19. The van der Waals surface area contributed by atoms with Crippen LogP contribution in [0.4, 0.5) is 0 Å². The van der Waals surface area contributed by atoms with Crippen molar-refractivity contribution >= 4 is 0 Å². The minimum absolute atomic E-state index is 0.267. The highest BCUT2D eigenvalue weighted by atomic mass is 16.5. The molecule has 0 radical (unpaired) electrons. The maximum absolute atomic E-state index is 9.30. The molecule has 0 aliphatic heterocycles. The van der Waals surface area contributed by atoms with E-state index in [-0.39, 0.29) is 5.69 Å². The van der Waals surface area contributed by atoms with Crippen LogP contribution in [0.15, 0.2) is 54.6 Å². The molecule has 0 fully saturated rings. The van der Waals surface area contributed by atoms with Gasteiger partial charge in [-0.25, -0.2) is 4.68 Å². The second kappa shape index (κ2) is 5.47. The zero-order chi connectivity index (χ0) is 14.7. The molecule has 0 saturated carbocycles. The summed E-state index contributed by atoms with van der Waals surface area (Å²) >= 11 is 0. The van der Waals surface area contributed by atoms with Crippen LogP contribution in [0, 0.1) is 11.3 Å². The Hall–Kier alpha value is -3.13. The van der Waals surface area contributed by atoms with E-state index in [1.807, 2.05) is 54.6 Å². The number of methoxy groups -OCH3 is 1. The lowest BCUT2D eigenvalue weighted by molar-refractivity contribution is 0.416. The maximum Gasteiger partial charge on any atom is 0.191 e. The molecular weight excluding hydrogens is 264 g/mol. The first-order valence-electron chi connectivity index (χ1n) is 6.39. The Bertz CT molecular complexity index is 803.